The van der Waals surface area contributed by atoms with Crippen molar-refractivity contribution < 1.29 is 0 Å². The maximum Gasteiger partial charge on any atom is 0.281 e. The summed E-state index contributed by atoms with van der Waals surface area (Å²) in [4.78, 5) is 28.7. The van der Waals surface area contributed by atoms with Crippen LogP contribution in [0.25, 0.3) is 11.2 Å². The highest BCUT2D eigenvalue weighted by Crippen LogP contribution is 2.04. The van der Waals surface area contributed by atoms with Crippen molar-refractivity contribution in [3.8, 4) is 0 Å². The number of fused-ring (bicyclic) bond motifs is 1. The van der Waals surface area contributed by atoms with Crippen molar-refractivity contribution in [3.63, 3.8) is 0 Å². The second-order valence-electron chi connectivity index (χ2n) is 4.58. The quantitative estimate of drug-likeness (QED) is 0.700. The molecule has 0 aliphatic rings. The van der Waals surface area contributed by atoms with Crippen LogP contribution < -0.4 is 5.56 Å². The molecule has 102 valence electrons. The van der Waals surface area contributed by atoms with E-state index < -0.39 is 0 Å². The van der Waals surface area contributed by atoms with Crippen molar-refractivity contribution in [2.75, 3.05) is 0 Å². The van der Waals surface area contributed by atoms with Crippen LogP contribution >= 0.6 is 0 Å². The van der Waals surface area contributed by atoms with E-state index in [0.29, 0.717) is 24.3 Å². The summed E-state index contributed by atoms with van der Waals surface area (Å²) in [7, 11) is 0. The molecule has 0 unspecified atom stereocenters. The van der Waals surface area contributed by atoms with Crippen LogP contribution in [0.5, 0.6) is 0 Å². The fourth-order valence-corrected chi connectivity index (χ4v) is 2.03. The zero-order valence-corrected chi connectivity index (χ0v) is 11.3. The molecule has 0 bridgehead atoms. The Labute approximate surface area is 115 Å². The maximum atomic E-state index is 12.2. The van der Waals surface area contributed by atoms with E-state index in [9.17, 15) is 4.79 Å². The molecule has 0 fully saturated rings. The van der Waals surface area contributed by atoms with Crippen LogP contribution in [-0.2, 0) is 13.1 Å². The van der Waals surface area contributed by atoms with E-state index in [1.54, 1.807) is 10.9 Å². The summed E-state index contributed by atoms with van der Waals surface area (Å²) < 4.78 is 3.56. The zero-order valence-electron chi connectivity index (χ0n) is 11.3. The van der Waals surface area contributed by atoms with Gasteiger partial charge >= 0.3 is 0 Å². The summed E-state index contributed by atoms with van der Waals surface area (Å²) in [5.41, 5.74) is 2.61. The van der Waals surface area contributed by atoms with E-state index >= 15 is 0 Å². The van der Waals surface area contributed by atoms with Gasteiger partial charge in [0.05, 0.1) is 12.0 Å². The first-order valence-electron chi connectivity index (χ1n) is 6.31. The first-order valence-corrected chi connectivity index (χ1v) is 6.31. The number of nitrogens with zero attached hydrogens (tertiary/aromatic N) is 6. The van der Waals surface area contributed by atoms with Gasteiger partial charge in [0.25, 0.3) is 5.56 Å². The predicted octanol–water partition coefficient (Wildman–Crippen LogP) is 0.700. The number of aryl methyl sites for hydroxylation is 3. The number of hydrogen-bond donors (Lipinski definition) is 0. The number of aromatic nitrogens is 6. The summed E-state index contributed by atoms with van der Waals surface area (Å²) in [6, 6.07) is 0. The van der Waals surface area contributed by atoms with E-state index in [0.717, 1.165) is 11.4 Å². The van der Waals surface area contributed by atoms with Gasteiger partial charge in [-0.05, 0) is 13.8 Å². The maximum absolute atomic E-state index is 12.2. The van der Waals surface area contributed by atoms with E-state index in [1.807, 2.05) is 18.4 Å². The number of hydrogen-bond acceptors (Lipinski definition) is 5. The van der Waals surface area contributed by atoms with Gasteiger partial charge in [0, 0.05) is 31.2 Å². The molecule has 7 heteroatoms. The molecule has 0 amide bonds. The average Bonchev–Trinajstić information content (AvgIpc) is 2.79. The summed E-state index contributed by atoms with van der Waals surface area (Å²) in [5, 5.41) is 0. The Kier molecular flexibility index (Phi) is 3.02. The Hall–Kier alpha value is -2.57. The summed E-state index contributed by atoms with van der Waals surface area (Å²) in [6.45, 7) is 5.16. The molecular weight excluding hydrogens is 256 g/mol. The molecule has 0 radical (unpaired) electrons. The van der Waals surface area contributed by atoms with Gasteiger partial charge in [-0.1, -0.05) is 0 Å². The second kappa shape index (κ2) is 4.84. The first kappa shape index (κ1) is 12.5. The Bertz CT molecular complexity index is 819. The predicted molar refractivity (Wildman–Crippen MR) is 73.3 cm³/mol. The van der Waals surface area contributed by atoms with Crippen LogP contribution in [0, 0.1) is 13.8 Å². The van der Waals surface area contributed by atoms with Crippen molar-refractivity contribution in [2.45, 2.75) is 26.9 Å². The van der Waals surface area contributed by atoms with Crippen LogP contribution in [0.4, 0.5) is 0 Å². The van der Waals surface area contributed by atoms with Gasteiger partial charge in [-0.15, -0.1) is 0 Å². The largest absolute Gasteiger partial charge is 0.333 e. The second-order valence-corrected chi connectivity index (χ2v) is 4.58. The molecule has 0 saturated carbocycles. The third-order valence-electron chi connectivity index (χ3n) is 3.39. The van der Waals surface area contributed by atoms with Gasteiger partial charge in [-0.25, -0.2) is 19.9 Å². The molecule has 3 heterocycles. The van der Waals surface area contributed by atoms with Crippen LogP contribution in [0.15, 0.2) is 29.8 Å². The molecule has 0 saturated heterocycles. The SMILES string of the molecule is Cc1ncn(CCn2cnc3nccnc3c2=O)c1C. The fourth-order valence-electron chi connectivity index (χ4n) is 2.03. The minimum absolute atomic E-state index is 0.169. The van der Waals surface area contributed by atoms with Gasteiger partial charge in [-0.3, -0.25) is 9.36 Å². The number of rotatable bonds is 3. The lowest BCUT2D eigenvalue weighted by Crippen LogP contribution is -2.24. The number of imidazole rings is 1. The van der Waals surface area contributed by atoms with Crippen molar-refractivity contribution in [3.05, 3.63) is 46.8 Å². The Balaban J connectivity index is 1.90. The Morgan fingerprint density at radius 1 is 0.950 bits per heavy atom. The van der Waals surface area contributed by atoms with Crippen molar-refractivity contribution in [1.82, 2.24) is 29.1 Å². The molecule has 0 N–H and O–H groups in total. The molecule has 3 aromatic rings. The summed E-state index contributed by atoms with van der Waals surface area (Å²) in [5.74, 6) is 0. The standard InChI is InChI=1S/C13H14N6O/c1-9-10(2)18(7-16-9)5-6-19-8-17-12-11(13(19)20)14-3-4-15-12/h3-4,7-8H,5-6H2,1-2H3. The van der Waals surface area contributed by atoms with Gasteiger partial charge in [0.2, 0.25) is 0 Å². The van der Waals surface area contributed by atoms with Crippen LogP contribution in [0.1, 0.15) is 11.4 Å². The fraction of sp³-hybridized carbons (Fsp3) is 0.308. The lowest BCUT2D eigenvalue weighted by molar-refractivity contribution is 0.553. The third-order valence-corrected chi connectivity index (χ3v) is 3.39. The van der Waals surface area contributed by atoms with Crippen molar-refractivity contribution in [1.29, 1.82) is 0 Å². The van der Waals surface area contributed by atoms with Crippen LogP contribution in [0.2, 0.25) is 0 Å². The highest BCUT2D eigenvalue weighted by molar-refractivity contribution is 5.66. The lowest BCUT2D eigenvalue weighted by Gasteiger charge is -2.08. The molecule has 0 aromatic carbocycles. The van der Waals surface area contributed by atoms with Crippen molar-refractivity contribution >= 4 is 11.2 Å². The summed E-state index contributed by atoms with van der Waals surface area (Å²) >= 11 is 0. The molecule has 0 atom stereocenters. The third kappa shape index (κ3) is 2.07. The molecule has 0 aliphatic heterocycles. The lowest BCUT2D eigenvalue weighted by atomic mass is 10.4. The molecule has 0 aliphatic carbocycles. The average molecular weight is 270 g/mol. The minimum Gasteiger partial charge on any atom is -0.333 e. The molecule has 3 rings (SSSR count). The van der Waals surface area contributed by atoms with E-state index in [4.69, 9.17) is 0 Å². The molecule has 20 heavy (non-hydrogen) atoms. The van der Waals surface area contributed by atoms with Crippen LogP contribution in [0.3, 0.4) is 0 Å². The van der Waals surface area contributed by atoms with Crippen LogP contribution in [-0.4, -0.2) is 29.1 Å². The van der Waals surface area contributed by atoms with Gasteiger partial charge in [0.15, 0.2) is 11.2 Å². The Morgan fingerprint density at radius 2 is 1.65 bits per heavy atom. The highest BCUT2D eigenvalue weighted by atomic mass is 16.1. The van der Waals surface area contributed by atoms with E-state index in [1.165, 1.54) is 18.7 Å². The van der Waals surface area contributed by atoms with Gasteiger partial charge in [0.1, 0.15) is 6.33 Å². The summed E-state index contributed by atoms with van der Waals surface area (Å²) in [6.07, 6.45) is 6.32. The highest BCUT2D eigenvalue weighted by Gasteiger charge is 2.07. The first-order chi connectivity index (χ1) is 9.66. The van der Waals surface area contributed by atoms with E-state index in [2.05, 4.69) is 19.9 Å². The monoisotopic (exact) mass is 270 g/mol. The van der Waals surface area contributed by atoms with Gasteiger partial charge < -0.3 is 4.57 Å². The molecular formula is C13H14N6O. The smallest absolute Gasteiger partial charge is 0.281 e. The zero-order chi connectivity index (χ0) is 14.1. The molecule has 0 spiro atoms. The normalized spacial score (nSPS) is 11.1. The van der Waals surface area contributed by atoms with Gasteiger partial charge in [-0.2, -0.15) is 0 Å². The molecule has 3 aromatic heterocycles. The van der Waals surface area contributed by atoms with E-state index in [-0.39, 0.29) is 5.56 Å². The molecule has 7 nitrogen and oxygen atoms in total. The Morgan fingerprint density at radius 3 is 2.40 bits per heavy atom. The topological polar surface area (TPSA) is 78.5 Å². The minimum atomic E-state index is -0.169. The van der Waals surface area contributed by atoms with Crippen molar-refractivity contribution in [2.24, 2.45) is 0 Å².